The van der Waals surface area contributed by atoms with Crippen LogP contribution in [0.4, 0.5) is 5.69 Å². The van der Waals surface area contributed by atoms with Crippen LogP contribution in [0, 0.1) is 6.92 Å². The van der Waals surface area contributed by atoms with Crippen LogP contribution >= 0.6 is 0 Å². The third-order valence-corrected chi connectivity index (χ3v) is 2.59. The van der Waals surface area contributed by atoms with Gasteiger partial charge in [-0.15, -0.1) is 0 Å². The Bertz CT molecular complexity index is 380. The van der Waals surface area contributed by atoms with Crippen molar-refractivity contribution in [3.05, 3.63) is 11.4 Å². The first kappa shape index (κ1) is 12.7. The number of aryl methyl sites for hydroxylation is 1. The zero-order chi connectivity index (χ0) is 12.3. The molecule has 1 aromatic rings. The van der Waals surface area contributed by atoms with Crippen LogP contribution in [0.15, 0.2) is 0 Å². The van der Waals surface area contributed by atoms with Crippen LogP contribution in [0.2, 0.25) is 0 Å². The summed E-state index contributed by atoms with van der Waals surface area (Å²) >= 11 is 0. The molecule has 1 aromatic heterocycles. The van der Waals surface area contributed by atoms with Crippen LogP contribution in [0.5, 0.6) is 0 Å². The summed E-state index contributed by atoms with van der Waals surface area (Å²) in [4.78, 5) is 11.4. The van der Waals surface area contributed by atoms with E-state index in [1.807, 2.05) is 18.5 Å². The summed E-state index contributed by atoms with van der Waals surface area (Å²) in [5.41, 5.74) is 2.89. The Morgan fingerprint density at radius 3 is 2.50 bits per heavy atom. The Labute approximate surface area is 97.0 Å². The predicted octanol–water partition coefficient (Wildman–Crippen LogP) is 2.68. The molecule has 0 saturated carbocycles. The summed E-state index contributed by atoms with van der Waals surface area (Å²) in [5, 5.41) is 7.40. The number of hydrogen-bond donors (Lipinski definition) is 1. The lowest BCUT2D eigenvalue weighted by Crippen LogP contribution is -2.12. The van der Waals surface area contributed by atoms with Crippen molar-refractivity contribution in [2.75, 3.05) is 5.32 Å². The van der Waals surface area contributed by atoms with Gasteiger partial charge in [-0.1, -0.05) is 13.8 Å². The van der Waals surface area contributed by atoms with Gasteiger partial charge in [0.25, 0.3) is 0 Å². The van der Waals surface area contributed by atoms with Crippen LogP contribution in [-0.4, -0.2) is 15.7 Å². The van der Waals surface area contributed by atoms with Crippen LogP contribution in [0.3, 0.4) is 0 Å². The summed E-state index contributed by atoms with van der Waals surface area (Å²) in [6, 6.07) is 0.320. The molecule has 0 bridgehead atoms. The van der Waals surface area contributed by atoms with Crippen LogP contribution in [-0.2, 0) is 11.2 Å². The second-order valence-electron chi connectivity index (χ2n) is 4.20. The van der Waals surface area contributed by atoms with E-state index in [1.165, 1.54) is 0 Å². The minimum absolute atomic E-state index is 0.0427. The van der Waals surface area contributed by atoms with Gasteiger partial charge in [0.05, 0.1) is 17.1 Å². The summed E-state index contributed by atoms with van der Waals surface area (Å²) in [5.74, 6) is 0.0427. The molecule has 1 heterocycles. The molecule has 0 aromatic carbocycles. The van der Waals surface area contributed by atoms with E-state index < -0.39 is 0 Å². The Hall–Kier alpha value is -1.32. The van der Waals surface area contributed by atoms with E-state index in [0.717, 1.165) is 23.5 Å². The van der Waals surface area contributed by atoms with Gasteiger partial charge in [0.1, 0.15) is 0 Å². The standard InChI is InChI=1S/C12H21N3O/c1-6-10-12(13-11(16)7-2)9(5)14-15(10)8(3)4/h8H,6-7H2,1-5H3,(H,13,16). The second kappa shape index (κ2) is 5.14. The monoisotopic (exact) mass is 223 g/mol. The fraction of sp³-hybridized carbons (Fsp3) is 0.667. The molecule has 90 valence electrons. The first-order chi connectivity index (χ1) is 7.51. The smallest absolute Gasteiger partial charge is 0.224 e. The lowest BCUT2D eigenvalue weighted by molar-refractivity contribution is -0.115. The van der Waals surface area contributed by atoms with Gasteiger partial charge >= 0.3 is 0 Å². The van der Waals surface area contributed by atoms with Gasteiger partial charge in [0.2, 0.25) is 5.91 Å². The lowest BCUT2D eigenvalue weighted by Gasteiger charge is -2.11. The van der Waals surface area contributed by atoms with Crippen LogP contribution in [0.1, 0.15) is 51.5 Å². The fourth-order valence-electron chi connectivity index (χ4n) is 1.75. The first-order valence-corrected chi connectivity index (χ1v) is 5.89. The molecule has 1 N–H and O–H groups in total. The maximum absolute atomic E-state index is 11.4. The highest BCUT2D eigenvalue weighted by molar-refractivity contribution is 5.91. The minimum Gasteiger partial charge on any atom is -0.323 e. The van der Waals surface area contributed by atoms with Crippen molar-refractivity contribution in [1.29, 1.82) is 0 Å². The van der Waals surface area contributed by atoms with Gasteiger partial charge in [-0.3, -0.25) is 9.48 Å². The quantitative estimate of drug-likeness (QED) is 0.853. The topological polar surface area (TPSA) is 46.9 Å². The Morgan fingerprint density at radius 2 is 2.06 bits per heavy atom. The Kier molecular flexibility index (Phi) is 4.10. The minimum atomic E-state index is 0.0427. The zero-order valence-electron chi connectivity index (χ0n) is 10.8. The maximum Gasteiger partial charge on any atom is 0.224 e. The molecule has 0 saturated heterocycles. The molecule has 0 aliphatic rings. The van der Waals surface area contributed by atoms with Crippen molar-refractivity contribution in [1.82, 2.24) is 9.78 Å². The summed E-state index contributed by atoms with van der Waals surface area (Å²) in [6.45, 7) is 10.1. The molecule has 0 radical (unpaired) electrons. The van der Waals surface area contributed by atoms with Crippen molar-refractivity contribution >= 4 is 11.6 Å². The molecule has 0 aliphatic heterocycles. The molecule has 16 heavy (non-hydrogen) atoms. The van der Waals surface area contributed by atoms with E-state index in [2.05, 4.69) is 31.2 Å². The molecule has 4 nitrogen and oxygen atoms in total. The van der Waals surface area contributed by atoms with Gasteiger partial charge in [0, 0.05) is 12.5 Å². The molecule has 0 unspecified atom stereocenters. The Balaban J connectivity index is 3.12. The van der Waals surface area contributed by atoms with E-state index in [0.29, 0.717) is 12.5 Å². The molecular weight excluding hydrogens is 202 g/mol. The number of rotatable bonds is 4. The zero-order valence-corrected chi connectivity index (χ0v) is 10.8. The van der Waals surface area contributed by atoms with Gasteiger partial charge in [-0.05, 0) is 27.2 Å². The summed E-state index contributed by atoms with van der Waals surface area (Å²) < 4.78 is 1.99. The number of aromatic nitrogens is 2. The number of carbonyl (C=O) groups is 1. The SMILES string of the molecule is CCC(=O)Nc1c(C)nn(C(C)C)c1CC. The van der Waals surface area contributed by atoms with Gasteiger partial charge < -0.3 is 5.32 Å². The molecule has 1 rings (SSSR count). The molecule has 1 amide bonds. The molecule has 4 heteroatoms. The number of anilines is 1. The van der Waals surface area contributed by atoms with Crippen molar-refractivity contribution in [3.8, 4) is 0 Å². The van der Waals surface area contributed by atoms with Crippen LogP contribution in [0.25, 0.3) is 0 Å². The number of hydrogen-bond acceptors (Lipinski definition) is 2. The molecule has 0 fully saturated rings. The number of amides is 1. The van der Waals surface area contributed by atoms with E-state index in [4.69, 9.17) is 0 Å². The average molecular weight is 223 g/mol. The van der Waals surface area contributed by atoms with Crippen molar-refractivity contribution in [3.63, 3.8) is 0 Å². The highest BCUT2D eigenvalue weighted by atomic mass is 16.1. The Morgan fingerprint density at radius 1 is 1.44 bits per heavy atom. The van der Waals surface area contributed by atoms with Gasteiger partial charge in [-0.2, -0.15) is 5.10 Å². The van der Waals surface area contributed by atoms with Gasteiger partial charge in [0.15, 0.2) is 0 Å². The largest absolute Gasteiger partial charge is 0.323 e. The number of nitrogens with zero attached hydrogens (tertiary/aromatic N) is 2. The summed E-state index contributed by atoms with van der Waals surface area (Å²) in [6.07, 6.45) is 1.37. The average Bonchev–Trinajstić information content (AvgIpc) is 2.56. The normalized spacial score (nSPS) is 10.9. The fourth-order valence-corrected chi connectivity index (χ4v) is 1.75. The highest BCUT2D eigenvalue weighted by Gasteiger charge is 2.16. The molecule has 0 atom stereocenters. The molecular formula is C12H21N3O. The molecule has 0 spiro atoms. The van der Waals surface area contributed by atoms with Crippen molar-refractivity contribution in [2.24, 2.45) is 0 Å². The molecule has 0 aliphatic carbocycles. The van der Waals surface area contributed by atoms with Gasteiger partial charge in [-0.25, -0.2) is 0 Å². The third kappa shape index (κ3) is 2.43. The van der Waals surface area contributed by atoms with Crippen LogP contribution < -0.4 is 5.32 Å². The van der Waals surface area contributed by atoms with E-state index >= 15 is 0 Å². The van der Waals surface area contributed by atoms with Crippen molar-refractivity contribution < 1.29 is 4.79 Å². The second-order valence-corrected chi connectivity index (χ2v) is 4.20. The van der Waals surface area contributed by atoms with E-state index in [-0.39, 0.29) is 5.91 Å². The lowest BCUT2D eigenvalue weighted by atomic mass is 10.2. The highest BCUT2D eigenvalue weighted by Crippen LogP contribution is 2.23. The predicted molar refractivity (Wildman–Crippen MR) is 65.6 cm³/mol. The summed E-state index contributed by atoms with van der Waals surface area (Å²) in [7, 11) is 0. The number of nitrogens with one attached hydrogen (secondary N) is 1. The maximum atomic E-state index is 11.4. The van der Waals surface area contributed by atoms with Crippen molar-refractivity contribution in [2.45, 2.75) is 53.5 Å². The van der Waals surface area contributed by atoms with E-state index in [9.17, 15) is 4.79 Å². The third-order valence-electron chi connectivity index (χ3n) is 2.59. The number of carbonyl (C=O) groups excluding carboxylic acids is 1. The van der Waals surface area contributed by atoms with E-state index in [1.54, 1.807) is 0 Å². The first-order valence-electron chi connectivity index (χ1n) is 5.89.